The minimum absolute atomic E-state index is 0.423. The number of rotatable bonds is 4. The van der Waals surface area contributed by atoms with Crippen molar-refractivity contribution >= 4 is 17.6 Å². The summed E-state index contributed by atoms with van der Waals surface area (Å²) >= 11 is 1.52. The molecule has 0 N–H and O–H groups in total. The summed E-state index contributed by atoms with van der Waals surface area (Å²) in [5, 5.41) is 0.884. The molecular weight excluding hydrogens is 222 g/mol. The van der Waals surface area contributed by atoms with Crippen molar-refractivity contribution in [1.82, 2.24) is 4.98 Å². The van der Waals surface area contributed by atoms with Crippen LogP contribution in [-0.4, -0.2) is 18.4 Å². The van der Waals surface area contributed by atoms with Crippen LogP contribution in [0.4, 0.5) is 0 Å². The van der Waals surface area contributed by atoms with Crippen LogP contribution >= 0.6 is 11.3 Å². The van der Waals surface area contributed by atoms with Crippen molar-refractivity contribution in [3.63, 3.8) is 0 Å². The van der Waals surface area contributed by atoms with E-state index < -0.39 is 0 Å². The number of carbonyl (C=O) groups is 1. The fraction of sp³-hybridized carbons (Fsp3) is 0.167. The molecule has 0 amide bonds. The Morgan fingerprint density at radius 3 is 3.00 bits per heavy atom. The lowest BCUT2D eigenvalue weighted by Gasteiger charge is -2.04. The number of thiazole rings is 1. The Hall–Kier alpha value is -1.68. The van der Waals surface area contributed by atoms with Gasteiger partial charge in [-0.3, -0.25) is 0 Å². The van der Waals surface area contributed by atoms with Gasteiger partial charge >= 0.3 is 0 Å². The van der Waals surface area contributed by atoms with Gasteiger partial charge in [0, 0.05) is 17.5 Å². The van der Waals surface area contributed by atoms with Crippen molar-refractivity contribution in [2.75, 3.05) is 7.11 Å². The predicted molar refractivity (Wildman–Crippen MR) is 63.9 cm³/mol. The normalized spacial score (nSPS) is 10.1. The minimum Gasteiger partial charge on any atom is -0.496 e. The van der Waals surface area contributed by atoms with E-state index in [-0.39, 0.29) is 0 Å². The van der Waals surface area contributed by atoms with Crippen LogP contribution in [0.5, 0.6) is 5.75 Å². The Morgan fingerprint density at radius 2 is 2.25 bits per heavy atom. The number of hydrogen-bond donors (Lipinski definition) is 0. The number of aldehydes is 1. The van der Waals surface area contributed by atoms with Crippen molar-refractivity contribution in [2.45, 2.75) is 6.42 Å². The molecule has 0 unspecified atom stereocenters. The van der Waals surface area contributed by atoms with E-state index in [1.807, 2.05) is 24.3 Å². The van der Waals surface area contributed by atoms with E-state index >= 15 is 0 Å². The highest BCUT2D eigenvalue weighted by Gasteiger charge is 2.09. The number of para-hydroxylation sites is 1. The largest absolute Gasteiger partial charge is 0.496 e. The van der Waals surface area contributed by atoms with Crippen molar-refractivity contribution in [2.24, 2.45) is 0 Å². The lowest BCUT2D eigenvalue weighted by atomic mass is 10.2. The SMILES string of the molecule is COc1ccccc1-c1ncc(CC=O)s1. The van der Waals surface area contributed by atoms with Crippen molar-refractivity contribution in [3.05, 3.63) is 35.3 Å². The second kappa shape index (κ2) is 4.90. The van der Waals surface area contributed by atoms with Crippen LogP contribution < -0.4 is 4.74 Å². The second-order valence-corrected chi connectivity index (χ2v) is 4.32. The summed E-state index contributed by atoms with van der Waals surface area (Å²) in [5.74, 6) is 0.800. The molecule has 82 valence electrons. The quantitative estimate of drug-likeness (QED) is 0.762. The Balaban J connectivity index is 2.38. The average molecular weight is 233 g/mol. The molecule has 0 aliphatic heterocycles. The monoisotopic (exact) mass is 233 g/mol. The molecule has 0 saturated heterocycles. The van der Waals surface area contributed by atoms with E-state index in [4.69, 9.17) is 4.74 Å². The number of aromatic nitrogens is 1. The first kappa shape index (κ1) is 10.8. The highest BCUT2D eigenvalue weighted by atomic mass is 32.1. The smallest absolute Gasteiger partial charge is 0.129 e. The Kier molecular flexibility index (Phi) is 3.31. The van der Waals surface area contributed by atoms with Gasteiger partial charge in [-0.2, -0.15) is 0 Å². The standard InChI is InChI=1S/C12H11NO2S/c1-15-11-5-3-2-4-10(11)12-13-8-9(16-12)6-7-14/h2-5,7-8H,6H2,1H3. The molecule has 0 spiro atoms. The molecule has 1 heterocycles. The Bertz CT molecular complexity index is 493. The minimum atomic E-state index is 0.423. The summed E-state index contributed by atoms with van der Waals surface area (Å²) in [6.45, 7) is 0. The molecular formula is C12H11NO2S. The van der Waals surface area contributed by atoms with Gasteiger partial charge in [-0.25, -0.2) is 4.98 Å². The molecule has 1 aromatic heterocycles. The summed E-state index contributed by atoms with van der Waals surface area (Å²) in [4.78, 5) is 15.7. The summed E-state index contributed by atoms with van der Waals surface area (Å²) in [6.07, 6.45) is 3.05. The van der Waals surface area contributed by atoms with Gasteiger partial charge in [0.25, 0.3) is 0 Å². The van der Waals surface area contributed by atoms with Gasteiger partial charge < -0.3 is 9.53 Å². The summed E-state index contributed by atoms with van der Waals surface area (Å²) in [5.41, 5.74) is 0.965. The van der Waals surface area contributed by atoms with Crippen LogP contribution in [0.25, 0.3) is 10.6 Å². The van der Waals surface area contributed by atoms with Crippen molar-refractivity contribution < 1.29 is 9.53 Å². The van der Waals surface area contributed by atoms with E-state index in [2.05, 4.69) is 4.98 Å². The van der Waals surface area contributed by atoms with E-state index in [0.717, 1.165) is 27.5 Å². The molecule has 16 heavy (non-hydrogen) atoms. The number of carbonyl (C=O) groups excluding carboxylic acids is 1. The van der Waals surface area contributed by atoms with Crippen LogP contribution in [0.3, 0.4) is 0 Å². The van der Waals surface area contributed by atoms with Crippen LogP contribution in [-0.2, 0) is 11.2 Å². The summed E-state index contributed by atoms with van der Waals surface area (Å²) in [6, 6.07) is 7.72. The summed E-state index contributed by atoms with van der Waals surface area (Å²) < 4.78 is 5.27. The zero-order chi connectivity index (χ0) is 11.4. The molecule has 1 aromatic carbocycles. The maximum atomic E-state index is 10.4. The van der Waals surface area contributed by atoms with E-state index in [9.17, 15) is 4.79 Å². The lowest BCUT2D eigenvalue weighted by Crippen LogP contribution is -1.86. The number of benzene rings is 1. The van der Waals surface area contributed by atoms with Gasteiger partial charge in [-0.15, -0.1) is 11.3 Å². The van der Waals surface area contributed by atoms with Crippen LogP contribution in [0.2, 0.25) is 0 Å². The first-order valence-corrected chi connectivity index (χ1v) is 5.68. The zero-order valence-corrected chi connectivity index (χ0v) is 9.66. The Morgan fingerprint density at radius 1 is 1.44 bits per heavy atom. The topological polar surface area (TPSA) is 39.2 Å². The number of methoxy groups -OCH3 is 1. The lowest BCUT2D eigenvalue weighted by molar-refractivity contribution is -0.107. The molecule has 0 fully saturated rings. The van der Waals surface area contributed by atoms with Gasteiger partial charge in [0.2, 0.25) is 0 Å². The molecule has 4 heteroatoms. The molecule has 0 saturated carbocycles. The van der Waals surface area contributed by atoms with Gasteiger partial charge in [0.1, 0.15) is 17.0 Å². The number of nitrogens with zero attached hydrogens (tertiary/aromatic N) is 1. The number of hydrogen-bond acceptors (Lipinski definition) is 4. The highest BCUT2D eigenvalue weighted by molar-refractivity contribution is 7.15. The first-order valence-electron chi connectivity index (χ1n) is 4.87. The molecule has 0 radical (unpaired) electrons. The van der Waals surface area contributed by atoms with Crippen LogP contribution in [0, 0.1) is 0 Å². The van der Waals surface area contributed by atoms with Crippen LogP contribution in [0.15, 0.2) is 30.5 Å². The molecule has 2 rings (SSSR count). The van der Waals surface area contributed by atoms with Gasteiger partial charge in [0.15, 0.2) is 0 Å². The third kappa shape index (κ3) is 2.12. The molecule has 3 nitrogen and oxygen atoms in total. The average Bonchev–Trinajstić information content (AvgIpc) is 2.78. The molecule has 0 atom stereocenters. The molecule has 2 aromatic rings. The first-order chi connectivity index (χ1) is 7.85. The zero-order valence-electron chi connectivity index (χ0n) is 8.84. The fourth-order valence-corrected chi connectivity index (χ4v) is 2.32. The maximum absolute atomic E-state index is 10.4. The van der Waals surface area contributed by atoms with Gasteiger partial charge in [0.05, 0.1) is 12.7 Å². The maximum Gasteiger partial charge on any atom is 0.129 e. The van der Waals surface area contributed by atoms with Crippen LogP contribution in [0.1, 0.15) is 4.88 Å². The van der Waals surface area contributed by atoms with Crippen molar-refractivity contribution in [3.8, 4) is 16.3 Å². The molecule has 0 bridgehead atoms. The Labute approximate surface area is 97.7 Å². The van der Waals surface area contributed by atoms with E-state index in [1.165, 1.54) is 11.3 Å². The molecule has 0 aliphatic rings. The summed E-state index contributed by atoms with van der Waals surface area (Å²) in [7, 11) is 1.64. The fourth-order valence-electron chi connectivity index (χ4n) is 1.43. The van der Waals surface area contributed by atoms with E-state index in [0.29, 0.717) is 6.42 Å². The van der Waals surface area contributed by atoms with Crippen molar-refractivity contribution in [1.29, 1.82) is 0 Å². The molecule has 0 aliphatic carbocycles. The third-order valence-corrected chi connectivity index (χ3v) is 3.23. The van der Waals surface area contributed by atoms with Gasteiger partial charge in [-0.1, -0.05) is 12.1 Å². The predicted octanol–water partition coefficient (Wildman–Crippen LogP) is 2.56. The van der Waals surface area contributed by atoms with Gasteiger partial charge in [-0.05, 0) is 12.1 Å². The van der Waals surface area contributed by atoms with E-state index in [1.54, 1.807) is 13.3 Å². The highest BCUT2D eigenvalue weighted by Crippen LogP contribution is 2.32. The third-order valence-electron chi connectivity index (χ3n) is 2.18. The second-order valence-electron chi connectivity index (χ2n) is 3.20. The number of ether oxygens (including phenoxy) is 1.